The van der Waals surface area contributed by atoms with E-state index in [2.05, 4.69) is 15.6 Å². The smallest absolute Gasteiger partial charge is 0.250 e. The third-order valence-electron chi connectivity index (χ3n) is 4.64. The van der Waals surface area contributed by atoms with Gasteiger partial charge in [-0.1, -0.05) is 41.9 Å². The van der Waals surface area contributed by atoms with E-state index in [1.54, 1.807) is 18.2 Å². The molecular weight excluding hydrogens is 430 g/mol. The van der Waals surface area contributed by atoms with Gasteiger partial charge in [0.1, 0.15) is 5.52 Å². The van der Waals surface area contributed by atoms with Crippen LogP contribution < -0.4 is 10.6 Å². The fourth-order valence-corrected chi connectivity index (χ4v) is 3.38. The maximum atomic E-state index is 12.2. The molecule has 31 heavy (non-hydrogen) atoms. The van der Waals surface area contributed by atoms with Gasteiger partial charge in [0.05, 0.1) is 0 Å². The number of amides is 1. The number of rotatable bonds is 4. The lowest BCUT2D eigenvalue weighted by Gasteiger charge is -2.12. The molecule has 0 saturated heterocycles. The number of carbonyl (C=O) groups excluding carboxylic acids is 1. The number of para-hydroxylation sites is 2. The van der Waals surface area contributed by atoms with E-state index in [-0.39, 0.29) is 11.0 Å². The summed E-state index contributed by atoms with van der Waals surface area (Å²) in [6.45, 7) is 1.94. The Hall–Kier alpha value is -3.48. The van der Waals surface area contributed by atoms with Crippen molar-refractivity contribution in [2.75, 3.05) is 5.32 Å². The highest BCUT2D eigenvalue weighted by atomic mass is 35.5. The van der Waals surface area contributed by atoms with Crippen molar-refractivity contribution in [3.8, 4) is 11.5 Å². The van der Waals surface area contributed by atoms with Gasteiger partial charge in [0.25, 0.3) is 0 Å². The summed E-state index contributed by atoms with van der Waals surface area (Å²) < 4.78 is 5.88. The zero-order valence-electron chi connectivity index (χ0n) is 16.6. The maximum absolute atomic E-state index is 12.2. The topological polar surface area (TPSA) is 67.2 Å². The van der Waals surface area contributed by atoms with Crippen molar-refractivity contribution >= 4 is 57.7 Å². The van der Waals surface area contributed by atoms with Gasteiger partial charge < -0.3 is 9.73 Å². The molecule has 0 aliphatic rings. The summed E-state index contributed by atoms with van der Waals surface area (Å²) in [7, 11) is 0. The van der Waals surface area contributed by atoms with Crippen LogP contribution in [0.25, 0.3) is 28.6 Å². The summed E-state index contributed by atoms with van der Waals surface area (Å²) in [5.74, 6) is 0.198. The first-order valence-electron chi connectivity index (χ1n) is 9.51. The minimum absolute atomic E-state index is 0.198. The molecule has 4 rings (SSSR count). The van der Waals surface area contributed by atoms with Crippen LogP contribution in [0.1, 0.15) is 11.1 Å². The molecule has 0 aliphatic carbocycles. The second-order valence-electron chi connectivity index (χ2n) is 6.79. The van der Waals surface area contributed by atoms with Crippen molar-refractivity contribution in [2.24, 2.45) is 0 Å². The normalized spacial score (nSPS) is 11.0. The third kappa shape index (κ3) is 4.99. The van der Waals surface area contributed by atoms with E-state index in [1.165, 1.54) is 6.08 Å². The van der Waals surface area contributed by atoms with Gasteiger partial charge in [0.15, 0.2) is 10.7 Å². The molecule has 0 aliphatic heterocycles. The van der Waals surface area contributed by atoms with Crippen LogP contribution in [0.4, 0.5) is 5.69 Å². The van der Waals surface area contributed by atoms with Crippen LogP contribution >= 0.6 is 23.8 Å². The zero-order valence-corrected chi connectivity index (χ0v) is 18.1. The lowest BCUT2D eigenvalue weighted by molar-refractivity contribution is -0.115. The van der Waals surface area contributed by atoms with Crippen LogP contribution in [-0.4, -0.2) is 16.0 Å². The molecule has 4 aromatic rings. The van der Waals surface area contributed by atoms with Gasteiger partial charge in [-0.05, 0) is 72.7 Å². The van der Waals surface area contributed by atoms with E-state index < -0.39 is 0 Å². The highest BCUT2D eigenvalue weighted by Gasteiger charge is 2.13. The summed E-state index contributed by atoms with van der Waals surface area (Å²) in [5.41, 5.74) is 4.89. The summed E-state index contributed by atoms with van der Waals surface area (Å²) in [6.07, 6.45) is 3.10. The molecule has 7 heteroatoms. The van der Waals surface area contributed by atoms with E-state index in [1.807, 2.05) is 61.5 Å². The number of anilines is 1. The molecule has 1 amide bonds. The Labute approximate surface area is 189 Å². The second kappa shape index (κ2) is 9.12. The molecule has 0 fully saturated rings. The van der Waals surface area contributed by atoms with E-state index in [0.29, 0.717) is 10.9 Å². The number of thiocarbonyl (C=S) groups is 1. The first-order chi connectivity index (χ1) is 15.0. The van der Waals surface area contributed by atoms with Crippen LogP contribution in [0, 0.1) is 6.92 Å². The Morgan fingerprint density at radius 3 is 2.61 bits per heavy atom. The molecule has 0 spiro atoms. The first-order valence-corrected chi connectivity index (χ1v) is 10.3. The molecule has 0 radical (unpaired) electrons. The average molecular weight is 448 g/mol. The predicted octanol–water partition coefficient (Wildman–Crippen LogP) is 5.98. The van der Waals surface area contributed by atoms with E-state index in [9.17, 15) is 4.79 Å². The number of nitrogens with one attached hydrogen (secondary N) is 2. The Balaban J connectivity index is 1.45. The minimum atomic E-state index is -0.333. The van der Waals surface area contributed by atoms with Gasteiger partial charge in [0, 0.05) is 22.3 Å². The average Bonchev–Trinajstić information content (AvgIpc) is 3.19. The standard InChI is InChI=1S/C24H18ClN3O2S/c1-15-18(23-26-20-6-2-3-8-21(20)30-23)5-4-7-19(15)27-24(31)28-22(29)14-11-16-9-12-17(25)13-10-16/h2-14H,1H3,(H2,27,28,29,31)/b14-11+. The van der Waals surface area contributed by atoms with Gasteiger partial charge in [-0.15, -0.1) is 0 Å². The Bertz CT molecular complexity index is 1260. The van der Waals surface area contributed by atoms with E-state index >= 15 is 0 Å². The Morgan fingerprint density at radius 2 is 1.84 bits per heavy atom. The molecule has 1 heterocycles. The van der Waals surface area contributed by atoms with Crippen LogP contribution in [0.3, 0.4) is 0 Å². The number of hydrogen-bond donors (Lipinski definition) is 2. The van der Waals surface area contributed by atoms with Gasteiger partial charge in [-0.2, -0.15) is 0 Å². The van der Waals surface area contributed by atoms with Crippen molar-refractivity contribution < 1.29 is 9.21 Å². The number of halogens is 1. The molecule has 2 N–H and O–H groups in total. The van der Waals surface area contributed by atoms with Crippen LogP contribution in [0.2, 0.25) is 5.02 Å². The van der Waals surface area contributed by atoms with Crippen molar-refractivity contribution in [1.29, 1.82) is 0 Å². The van der Waals surface area contributed by atoms with Crippen LogP contribution in [0.5, 0.6) is 0 Å². The zero-order chi connectivity index (χ0) is 21.8. The largest absolute Gasteiger partial charge is 0.436 e. The first kappa shape index (κ1) is 20.8. The molecule has 0 saturated carbocycles. The van der Waals surface area contributed by atoms with E-state index in [0.717, 1.165) is 33.5 Å². The maximum Gasteiger partial charge on any atom is 0.250 e. The Kier molecular flexibility index (Phi) is 6.11. The molecule has 0 bridgehead atoms. The quantitative estimate of drug-likeness (QED) is 0.297. The monoisotopic (exact) mass is 447 g/mol. The molecule has 3 aromatic carbocycles. The summed E-state index contributed by atoms with van der Waals surface area (Å²) >= 11 is 11.2. The van der Waals surface area contributed by atoms with Crippen LogP contribution in [-0.2, 0) is 4.79 Å². The number of fused-ring (bicyclic) bond motifs is 1. The number of oxazole rings is 1. The van der Waals surface area contributed by atoms with Crippen molar-refractivity contribution in [1.82, 2.24) is 10.3 Å². The SMILES string of the molecule is Cc1c(NC(=S)NC(=O)/C=C/c2ccc(Cl)cc2)cccc1-c1nc2ccccc2o1. The molecular formula is C24H18ClN3O2S. The fourth-order valence-electron chi connectivity index (χ4n) is 3.04. The molecule has 1 aromatic heterocycles. The fraction of sp³-hybridized carbons (Fsp3) is 0.0417. The lowest BCUT2D eigenvalue weighted by atomic mass is 10.1. The highest BCUT2D eigenvalue weighted by Crippen LogP contribution is 2.30. The number of nitrogens with zero attached hydrogens (tertiary/aromatic N) is 1. The van der Waals surface area contributed by atoms with Crippen molar-refractivity contribution in [2.45, 2.75) is 6.92 Å². The Morgan fingerprint density at radius 1 is 1.06 bits per heavy atom. The minimum Gasteiger partial charge on any atom is -0.436 e. The summed E-state index contributed by atoms with van der Waals surface area (Å²) in [4.78, 5) is 16.7. The molecule has 5 nitrogen and oxygen atoms in total. The van der Waals surface area contributed by atoms with Crippen molar-refractivity contribution in [3.05, 3.63) is 89.0 Å². The number of hydrogen-bond acceptors (Lipinski definition) is 4. The second-order valence-corrected chi connectivity index (χ2v) is 7.64. The summed E-state index contributed by atoms with van der Waals surface area (Å²) in [6, 6.07) is 20.5. The van der Waals surface area contributed by atoms with Gasteiger partial charge in [-0.25, -0.2) is 4.98 Å². The number of carbonyl (C=O) groups is 1. The molecule has 154 valence electrons. The summed E-state index contributed by atoms with van der Waals surface area (Å²) in [5, 5.41) is 6.56. The molecule has 0 atom stereocenters. The van der Waals surface area contributed by atoms with E-state index in [4.69, 9.17) is 28.2 Å². The lowest BCUT2D eigenvalue weighted by Crippen LogP contribution is -2.33. The van der Waals surface area contributed by atoms with Gasteiger partial charge in [-0.3, -0.25) is 10.1 Å². The van der Waals surface area contributed by atoms with Crippen molar-refractivity contribution in [3.63, 3.8) is 0 Å². The predicted molar refractivity (Wildman–Crippen MR) is 129 cm³/mol. The van der Waals surface area contributed by atoms with Gasteiger partial charge in [0.2, 0.25) is 11.8 Å². The third-order valence-corrected chi connectivity index (χ3v) is 5.10. The highest BCUT2D eigenvalue weighted by molar-refractivity contribution is 7.80. The van der Waals surface area contributed by atoms with Crippen LogP contribution in [0.15, 0.2) is 77.2 Å². The van der Waals surface area contributed by atoms with Gasteiger partial charge >= 0.3 is 0 Å². The number of benzene rings is 3. The number of aromatic nitrogens is 1. The molecule has 0 unspecified atom stereocenters.